The fraction of sp³-hybridized carbons (Fsp3) is 0.462. The zero-order valence-electron chi connectivity index (χ0n) is 19.8. The van der Waals surface area contributed by atoms with E-state index in [4.69, 9.17) is 0 Å². The molecule has 3 rings (SSSR count). The Morgan fingerprint density at radius 1 is 1.19 bits per heavy atom. The maximum atomic E-state index is 14.5. The molecule has 2 aromatic rings. The van der Waals surface area contributed by atoms with Crippen LogP contribution in [0, 0.1) is 24.6 Å². The van der Waals surface area contributed by atoms with Gasteiger partial charge in [0, 0.05) is 25.0 Å². The van der Waals surface area contributed by atoms with E-state index < -0.39 is 11.7 Å². The molecule has 4 atom stereocenters. The van der Waals surface area contributed by atoms with Crippen molar-refractivity contribution in [3.8, 4) is 0 Å². The molecule has 2 unspecified atom stereocenters. The van der Waals surface area contributed by atoms with E-state index in [2.05, 4.69) is 36.6 Å². The van der Waals surface area contributed by atoms with E-state index >= 15 is 0 Å². The van der Waals surface area contributed by atoms with Crippen molar-refractivity contribution in [1.82, 2.24) is 15.5 Å². The van der Waals surface area contributed by atoms with E-state index in [1.165, 1.54) is 18.7 Å². The number of benzene rings is 2. The van der Waals surface area contributed by atoms with Gasteiger partial charge in [-0.15, -0.1) is 0 Å². The number of hydrogen-bond donors (Lipinski definition) is 2. The maximum Gasteiger partial charge on any atom is 0.254 e. The van der Waals surface area contributed by atoms with Crippen molar-refractivity contribution in [2.75, 3.05) is 27.7 Å². The van der Waals surface area contributed by atoms with Gasteiger partial charge in [-0.1, -0.05) is 44.2 Å². The van der Waals surface area contributed by atoms with Crippen LogP contribution in [0.2, 0.25) is 0 Å². The SMILES string of the molecule is CNC(=O)c1cc(C)c(C[C@@H](CNC(=O)C2C(C)[C@]2(C)c2ccccc2)N(C)C)cc1F. The first kappa shape index (κ1) is 23.9. The highest BCUT2D eigenvalue weighted by Gasteiger charge is 2.62. The van der Waals surface area contributed by atoms with Gasteiger partial charge in [0.1, 0.15) is 5.82 Å². The van der Waals surface area contributed by atoms with E-state index in [-0.39, 0.29) is 34.8 Å². The minimum atomic E-state index is -0.531. The summed E-state index contributed by atoms with van der Waals surface area (Å²) in [4.78, 5) is 26.9. The highest BCUT2D eigenvalue weighted by molar-refractivity contribution is 5.94. The molecule has 2 amide bonds. The Morgan fingerprint density at radius 3 is 2.44 bits per heavy atom. The van der Waals surface area contributed by atoms with Crippen LogP contribution in [0.4, 0.5) is 4.39 Å². The zero-order chi connectivity index (χ0) is 23.6. The summed E-state index contributed by atoms with van der Waals surface area (Å²) in [7, 11) is 5.39. The normalized spacial score (nSPS) is 23.0. The molecule has 0 aliphatic heterocycles. The Morgan fingerprint density at radius 2 is 1.84 bits per heavy atom. The van der Waals surface area contributed by atoms with Gasteiger partial charge in [0.25, 0.3) is 5.91 Å². The number of aryl methyl sites for hydroxylation is 1. The van der Waals surface area contributed by atoms with Crippen molar-refractivity contribution >= 4 is 11.8 Å². The number of carbonyl (C=O) groups is 2. The number of hydrogen-bond acceptors (Lipinski definition) is 3. The van der Waals surface area contributed by atoms with Crippen molar-refractivity contribution in [2.24, 2.45) is 11.8 Å². The first-order valence-electron chi connectivity index (χ1n) is 11.1. The molecular weight excluding hydrogens is 405 g/mol. The van der Waals surface area contributed by atoms with Crippen LogP contribution in [0.15, 0.2) is 42.5 Å². The number of nitrogens with one attached hydrogen (secondary N) is 2. The second-order valence-corrected chi connectivity index (χ2v) is 9.32. The third-order valence-electron chi connectivity index (χ3n) is 7.26. The van der Waals surface area contributed by atoms with Crippen LogP contribution in [0.5, 0.6) is 0 Å². The average Bonchev–Trinajstić information content (AvgIpc) is 3.34. The summed E-state index contributed by atoms with van der Waals surface area (Å²) in [5.41, 5.74) is 2.78. The quantitative estimate of drug-likeness (QED) is 0.664. The molecular formula is C26H34FN3O2. The number of nitrogens with zero attached hydrogens (tertiary/aromatic N) is 1. The van der Waals surface area contributed by atoms with Crippen LogP contribution in [-0.4, -0.2) is 50.4 Å². The zero-order valence-corrected chi connectivity index (χ0v) is 19.8. The van der Waals surface area contributed by atoms with Gasteiger partial charge in [0.2, 0.25) is 5.91 Å². The van der Waals surface area contributed by atoms with E-state index in [0.717, 1.165) is 11.1 Å². The Labute approximate surface area is 190 Å². The average molecular weight is 440 g/mol. The van der Waals surface area contributed by atoms with Gasteiger partial charge in [-0.3, -0.25) is 9.59 Å². The lowest BCUT2D eigenvalue weighted by atomic mass is 9.94. The van der Waals surface area contributed by atoms with Crippen LogP contribution in [0.1, 0.15) is 40.9 Å². The first-order chi connectivity index (χ1) is 15.1. The minimum Gasteiger partial charge on any atom is -0.355 e. The molecule has 0 radical (unpaired) electrons. The van der Waals surface area contributed by atoms with Crippen molar-refractivity contribution < 1.29 is 14.0 Å². The van der Waals surface area contributed by atoms with Gasteiger partial charge in [-0.25, -0.2) is 4.39 Å². The summed E-state index contributed by atoms with van der Waals surface area (Å²) in [6.45, 7) is 6.63. The molecule has 5 nitrogen and oxygen atoms in total. The molecule has 0 heterocycles. The molecule has 0 bridgehead atoms. The molecule has 2 N–H and O–H groups in total. The molecule has 1 saturated carbocycles. The van der Waals surface area contributed by atoms with Gasteiger partial charge < -0.3 is 15.5 Å². The van der Waals surface area contributed by atoms with Crippen molar-refractivity contribution in [3.63, 3.8) is 0 Å². The fourth-order valence-corrected chi connectivity index (χ4v) is 4.74. The Kier molecular flexibility index (Phi) is 7.03. The van der Waals surface area contributed by atoms with Gasteiger partial charge in [-0.05, 0) is 62.2 Å². The molecule has 1 aliphatic carbocycles. The monoisotopic (exact) mass is 439 g/mol. The second-order valence-electron chi connectivity index (χ2n) is 9.32. The summed E-state index contributed by atoms with van der Waals surface area (Å²) >= 11 is 0. The van der Waals surface area contributed by atoms with Crippen molar-refractivity contribution in [3.05, 3.63) is 70.5 Å². The highest BCUT2D eigenvalue weighted by Crippen LogP contribution is 2.59. The van der Waals surface area contributed by atoms with Crippen molar-refractivity contribution in [2.45, 2.75) is 38.6 Å². The molecule has 0 spiro atoms. The first-order valence-corrected chi connectivity index (χ1v) is 11.1. The number of amides is 2. The molecule has 6 heteroatoms. The van der Waals surface area contributed by atoms with Gasteiger partial charge >= 0.3 is 0 Å². The fourth-order valence-electron chi connectivity index (χ4n) is 4.74. The predicted molar refractivity (Wildman–Crippen MR) is 125 cm³/mol. The van der Waals surface area contributed by atoms with Crippen LogP contribution in [0.3, 0.4) is 0 Å². The topological polar surface area (TPSA) is 61.4 Å². The molecule has 1 fully saturated rings. The molecule has 0 saturated heterocycles. The van der Waals surface area contributed by atoms with Crippen molar-refractivity contribution in [1.29, 1.82) is 0 Å². The summed E-state index contributed by atoms with van der Waals surface area (Å²) in [6.07, 6.45) is 0.570. The van der Waals surface area contributed by atoms with E-state index in [1.807, 2.05) is 44.1 Å². The Balaban J connectivity index is 1.68. The maximum absolute atomic E-state index is 14.5. The lowest BCUT2D eigenvalue weighted by molar-refractivity contribution is -0.123. The number of halogens is 1. The summed E-state index contributed by atoms with van der Waals surface area (Å²) in [6, 6.07) is 13.2. The third-order valence-corrected chi connectivity index (χ3v) is 7.26. The van der Waals surface area contributed by atoms with Crippen LogP contribution < -0.4 is 10.6 Å². The second kappa shape index (κ2) is 9.41. The molecule has 0 aromatic heterocycles. The van der Waals surface area contributed by atoms with E-state index in [9.17, 15) is 14.0 Å². The summed E-state index contributed by atoms with van der Waals surface area (Å²) in [5.74, 6) is -0.686. The van der Waals surface area contributed by atoms with Crippen LogP contribution in [-0.2, 0) is 16.6 Å². The molecule has 1 aliphatic rings. The summed E-state index contributed by atoms with van der Waals surface area (Å²) in [5, 5.41) is 5.60. The molecule has 172 valence electrons. The standard InChI is InChI=1S/C26H34FN3O2/c1-16-12-21(24(31)28-4)22(27)14-18(16)13-20(30(5)6)15-29-25(32)23-17(2)26(23,3)19-10-8-7-9-11-19/h7-12,14,17,20,23H,13,15H2,1-6H3,(H,28,31)(H,29,32)/t17?,20-,23?,26+/m0/s1. The smallest absolute Gasteiger partial charge is 0.254 e. The molecule has 32 heavy (non-hydrogen) atoms. The van der Waals surface area contributed by atoms with E-state index in [1.54, 1.807) is 6.07 Å². The van der Waals surface area contributed by atoms with Crippen LogP contribution in [0.25, 0.3) is 0 Å². The number of likely N-dealkylation sites (N-methyl/N-ethyl adjacent to an activating group) is 1. The minimum absolute atomic E-state index is 0.0000563. The van der Waals surface area contributed by atoms with Crippen LogP contribution >= 0.6 is 0 Å². The summed E-state index contributed by atoms with van der Waals surface area (Å²) < 4.78 is 14.5. The highest BCUT2D eigenvalue weighted by atomic mass is 19.1. The Bertz CT molecular complexity index is 992. The third kappa shape index (κ3) is 4.56. The lowest BCUT2D eigenvalue weighted by Crippen LogP contribution is -2.42. The number of carbonyl (C=O) groups excluding carboxylic acids is 2. The molecule has 2 aromatic carbocycles. The Hall–Kier alpha value is -2.73. The predicted octanol–water partition coefficient (Wildman–Crippen LogP) is 3.31. The van der Waals surface area contributed by atoms with Gasteiger partial charge in [0.05, 0.1) is 11.5 Å². The van der Waals surface area contributed by atoms with Gasteiger partial charge in [-0.2, -0.15) is 0 Å². The lowest BCUT2D eigenvalue weighted by Gasteiger charge is -2.26. The largest absolute Gasteiger partial charge is 0.355 e. The number of rotatable bonds is 8. The van der Waals surface area contributed by atoms with E-state index in [0.29, 0.717) is 13.0 Å². The van der Waals surface area contributed by atoms with Gasteiger partial charge in [0.15, 0.2) is 0 Å².